The Morgan fingerprint density at radius 3 is 1.88 bits per heavy atom. The molecular formula is C25H25N3O3S. The quantitative estimate of drug-likeness (QED) is 0.427. The Morgan fingerprint density at radius 2 is 1.28 bits per heavy atom. The van der Waals surface area contributed by atoms with Crippen LogP contribution in [0.5, 0.6) is 0 Å². The highest BCUT2D eigenvalue weighted by Crippen LogP contribution is 2.26. The van der Waals surface area contributed by atoms with E-state index in [0.717, 1.165) is 10.5 Å². The van der Waals surface area contributed by atoms with Crippen molar-refractivity contribution in [2.45, 2.75) is 30.4 Å². The Balaban J connectivity index is 1.49. The zero-order valence-corrected chi connectivity index (χ0v) is 18.7. The summed E-state index contributed by atoms with van der Waals surface area (Å²) in [6, 6.07) is 24.0. The number of anilines is 3. The average molecular weight is 448 g/mol. The normalized spacial score (nSPS) is 11.3. The monoisotopic (exact) mass is 447 g/mol. The molecule has 3 aromatic carbocycles. The molecule has 1 unspecified atom stereocenters. The molecule has 0 spiro atoms. The van der Waals surface area contributed by atoms with Crippen LogP contribution in [0.3, 0.4) is 0 Å². The predicted molar refractivity (Wildman–Crippen MR) is 130 cm³/mol. The molecule has 0 aliphatic rings. The third-order valence-electron chi connectivity index (χ3n) is 4.50. The first-order valence-corrected chi connectivity index (χ1v) is 11.1. The van der Waals surface area contributed by atoms with E-state index in [-0.39, 0.29) is 23.0 Å². The predicted octanol–water partition coefficient (Wildman–Crippen LogP) is 4.95. The molecule has 0 heterocycles. The summed E-state index contributed by atoms with van der Waals surface area (Å²) in [5.41, 5.74) is 3.01. The largest absolute Gasteiger partial charge is 0.326 e. The summed E-state index contributed by atoms with van der Waals surface area (Å²) in [7, 11) is 0. The molecule has 0 aromatic heterocycles. The summed E-state index contributed by atoms with van der Waals surface area (Å²) >= 11 is 1.43. The Morgan fingerprint density at radius 1 is 0.750 bits per heavy atom. The van der Waals surface area contributed by atoms with Crippen LogP contribution in [-0.4, -0.2) is 23.0 Å². The first kappa shape index (κ1) is 23.1. The van der Waals surface area contributed by atoms with Crippen molar-refractivity contribution in [2.75, 3.05) is 16.0 Å². The smallest absolute Gasteiger partial charge is 0.237 e. The molecule has 0 saturated heterocycles. The van der Waals surface area contributed by atoms with E-state index in [0.29, 0.717) is 23.5 Å². The molecule has 3 rings (SSSR count). The summed E-state index contributed by atoms with van der Waals surface area (Å²) in [6.45, 7) is 3.28. The lowest BCUT2D eigenvalue weighted by molar-refractivity contribution is -0.116. The molecule has 3 amide bonds. The van der Waals surface area contributed by atoms with Crippen LogP contribution >= 0.6 is 11.8 Å². The standard InChI is InChI=1S/C25H25N3O3S/c1-17(25(31)28-22-10-8-20(9-11-22)26-18(2)29)32-23-14-12-21(13-15-23)27-24(30)16-19-6-4-3-5-7-19/h3-15,17H,16H2,1-2H3,(H,26,29)(H,27,30)(H,28,31). The lowest BCUT2D eigenvalue weighted by atomic mass is 10.1. The highest BCUT2D eigenvalue weighted by molar-refractivity contribution is 8.00. The number of carbonyl (C=O) groups is 3. The molecule has 3 aromatic rings. The van der Waals surface area contributed by atoms with Gasteiger partial charge >= 0.3 is 0 Å². The van der Waals surface area contributed by atoms with Gasteiger partial charge in [-0.25, -0.2) is 0 Å². The van der Waals surface area contributed by atoms with Crippen LogP contribution in [0.2, 0.25) is 0 Å². The molecule has 3 N–H and O–H groups in total. The summed E-state index contributed by atoms with van der Waals surface area (Å²) in [5, 5.41) is 8.13. The van der Waals surface area contributed by atoms with E-state index in [4.69, 9.17) is 0 Å². The average Bonchev–Trinajstić information content (AvgIpc) is 2.76. The SMILES string of the molecule is CC(=O)Nc1ccc(NC(=O)C(C)Sc2ccc(NC(=O)Cc3ccccc3)cc2)cc1. The third-order valence-corrected chi connectivity index (χ3v) is 5.61. The molecule has 164 valence electrons. The van der Waals surface area contributed by atoms with Crippen LogP contribution in [0, 0.1) is 0 Å². The van der Waals surface area contributed by atoms with Crippen molar-refractivity contribution in [3.8, 4) is 0 Å². The maximum absolute atomic E-state index is 12.5. The van der Waals surface area contributed by atoms with Gasteiger partial charge in [-0.3, -0.25) is 14.4 Å². The van der Waals surface area contributed by atoms with Crippen LogP contribution in [0.25, 0.3) is 0 Å². The Bertz CT molecular complexity index is 1070. The van der Waals surface area contributed by atoms with Crippen LogP contribution in [0.15, 0.2) is 83.8 Å². The second-order valence-corrected chi connectivity index (χ2v) is 8.66. The summed E-state index contributed by atoms with van der Waals surface area (Å²) in [5.74, 6) is -0.343. The lowest BCUT2D eigenvalue weighted by Crippen LogP contribution is -2.22. The van der Waals surface area contributed by atoms with Gasteiger partial charge in [-0.15, -0.1) is 11.8 Å². The summed E-state index contributed by atoms with van der Waals surface area (Å²) < 4.78 is 0. The van der Waals surface area contributed by atoms with Crippen molar-refractivity contribution >= 4 is 46.5 Å². The fourth-order valence-corrected chi connectivity index (χ4v) is 3.81. The zero-order chi connectivity index (χ0) is 22.9. The van der Waals surface area contributed by atoms with E-state index in [1.807, 2.05) is 61.5 Å². The van der Waals surface area contributed by atoms with E-state index < -0.39 is 0 Å². The number of thioether (sulfide) groups is 1. The first-order valence-electron chi connectivity index (χ1n) is 10.2. The van der Waals surface area contributed by atoms with Crippen LogP contribution < -0.4 is 16.0 Å². The molecule has 0 aliphatic heterocycles. The molecule has 0 radical (unpaired) electrons. The number of rotatable bonds is 8. The minimum absolute atomic E-state index is 0.0751. The fraction of sp³-hybridized carbons (Fsp3) is 0.160. The molecule has 0 fully saturated rings. The highest BCUT2D eigenvalue weighted by atomic mass is 32.2. The van der Waals surface area contributed by atoms with Gasteiger partial charge in [0.1, 0.15) is 0 Å². The molecule has 0 saturated carbocycles. The minimum atomic E-state index is -0.316. The minimum Gasteiger partial charge on any atom is -0.326 e. The number of amides is 3. The van der Waals surface area contributed by atoms with E-state index in [1.54, 1.807) is 24.3 Å². The molecule has 0 aliphatic carbocycles. The third kappa shape index (κ3) is 7.28. The Labute approximate surface area is 191 Å². The van der Waals surface area contributed by atoms with E-state index >= 15 is 0 Å². The molecule has 32 heavy (non-hydrogen) atoms. The van der Waals surface area contributed by atoms with Crippen molar-refractivity contribution in [3.05, 3.63) is 84.4 Å². The Hall–Kier alpha value is -3.58. The molecular weight excluding hydrogens is 422 g/mol. The molecule has 0 bridgehead atoms. The van der Waals surface area contributed by atoms with Crippen molar-refractivity contribution in [1.82, 2.24) is 0 Å². The highest BCUT2D eigenvalue weighted by Gasteiger charge is 2.15. The van der Waals surface area contributed by atoms with Crippen molar-refractivity contribution < 1.29 is 14.4 Å². The van der Waals surface area contributed by atoms with Crippen molar-refractivity contribution in [3.63, 3.8) is 0 Å². The van der Waals surface area contributed by atoms with E-state index in [9.17, 15) is 14.4 Å². The maximum Gasteiger partial charge on any atom is 0.237 e. The van der Waals surface area contributed by atoms with Crippen LogP contribution in [0.4, 0.5) is 17.1 Å². The van der Waals surface area contributed by atoms with Crippen LogP contribution in [-0.2, 0) is 20.8 Å². The van der Waals surface area contributed by atoms with Crippen molar-refractivity contribution in [2.24, 2.45) is 0 Å². The van der Waals surface area contributed by atoms with E-state index in [2.05, 4.69) is 16.0 Å². The van der Waals surface area contributed by atoms with Gasteiger partial charge < -0.3 is 16.0 Å². The van der Waals surface area contributed by atoms with Gasteiger partial charge in [0.15, 0.2) is 0 Å². The number of hydrogen-bond donors (Lipinski definition) is 3. The Kier molecular flexibility index (Phi) is 8.05. The van der Waals surface area contributed by atoms with Gasteiger partial charge in [0.2, 0.25) is 17.7 Å². The van der Waals surface area contributed by atoms with Gasteiger partial charge in [-0.2, -0.15) is 0 Å². The number of carbonyl (C=O) groups excluding carboxylic acids is 3. The lowest BCUT2D eigenvalue weighted by Gasteiger charge is -2.13. The van der Waals surface area contributed by atoms with Gasteiger partial charge in [0.05, 0.1) is 11.7 Å². The van der Waals surface area contributed by atoms with Gasteiger partial charge in [-0.1, -0.05) is 30.3 Å². The number of nitrogens with one attached hydrogen (secondary N) is 3. The summed E-state index contributed by atoms with van der Waals surface area (Å²) in [6.07, 6.45) is 0.320. The maximum atomic E-state index is 12.5. The zero-order valence-electron chi connectivity index (χ0n) is 17.9. The first-order chi connectivity index (χ1) is 15.4. The number of benzene rings is 3. The molecule has 6 nitrogen and oxygen atoms in total. The van der Waals surface area contributed by atoms with Crippen molar-refractivity contribution in [1.29, 1.82) is 0 Å². The second kappa shape index (κ2) is 11.2. The molecule has 7 heteroatoms. The number of hydrogen-bond acceptors (Lipinski definition) is 4. The van der Waals surface area contributed by atoms with Gasteiger partial charge in [0, 0.05) is 28.9 Å². The topological polar surface area (TPSA) is 87.3 Å². The van der Waals surface area contributed by atoms with Crippen LogP contribution in [0.1, 0.15) is 19.4 Å². The second-order valence-electron chi connectivity index (χ2n) is 7.24. The molecule has 1 atom stereocenters. The summed E-state index contributed by atoms with van der Waals surface area (Å²) in [4.78, 5) is 36.7. The van der Waals surface area contributed by atoms with Gasteiger partial charge in [0.25, 0.3) is 0 Å². The van der Waals surface area contributed by atoms with Gasteiger partial charge in [-0.05, 0) is 61.0 Å². The van der Waals surface area contributed by atoms with E-state index in [1.165, 1.54) is 18.7 Å². The fourth-order valence-electron chi connectivity index (χ4n) is 2.94.